The molecule has 1 saturated carbocycles. The van der Waals surface area contributed by atoms with Gasteiger partial charge in [-0.1, -0.05) is 26.3 Å². The van der Waals surface area contributed by atoms with Gasteiger partial charge in [0.1, 0.15) is 11.7 Å². The van der Waals surface area contributed by atoms with Crippen molar-refractivity contribution in [1.29, 1.82) is 0 Å². The summed E-state index contributed by atoms with van der Waals surface area (Å²) < 4.78 is 6.10. The Morgan fingerprint density at radius 2 is 2.08 bits per heavy atom. The van der Waals surface area contributed by atoms with Crippen LogP contribution in [0.25, 0.3) is 0 Å². The first-order chi connectivity index (χ1) is 12.3. The Hall–Kier alpha value is -1.72. The van der Waals surface area contributed by atoms with Gasteiger partial charge in [-0.05, 0) is 51.2 Å². The van der Waals surface area contributed by atoms with E-state index in [0.29, 0.717) is 30.4 Å². The molecule has 3 aliphatic rings. The fraction of sp³-hybridized carbons (Fsp3) is 0.619. The van der Waals surface area contributed by atoms with Crippen LogP contribution in [-0.2, 0) is 19.2 Å². The number of rotatable bonds is 5. The maximum absolute atomic E-state index is 13.0. The molecule has 3 rings (SSSR count). The van der Waals surface area contributed by atoms with Crippen molar-refractivity contribution in [3.05, 3.63) is 35.1 Å². The highest BCUT2D eigenvalue weighted by Gasteiger charge is 2.52. The lowest BCUT2D eigenvalue weighted by Crippen LogP contribution is -2.51. The van der Waals surface area contributed by atoms with Crippen LogP contribution in [0.4, 0.5) is 0 Å². The van der Waals surface area contributed by atoms with Crippen molar-refractivity contribution in [3.8, 4) is 0 Å². The lowest BCUT2D eigenvalue weighted by Gasteiger charge is -2.49. The number of ketones is 2. The molecule has 1 N–H and O–H groups in total. The quantitative estimate of drug-likeness (QED) is 0.262. The number of unbranched alkanes of at least 4 members (excludes halogenated alkanes) is 2. The normalized spacial score (nSPS) is 30.5. The molecule has 5 heteroatoms. The summed E-state index contributed by atoms with van der Waals surface area (Å²) in [7, 11) is 0. The predicted molar refractivity (Wildman–Crippen MR) is 97.3 cm³/mol. The van der Waals surface area contributed by atoms with Gasteiger partial charge in [0.2, 0.25) is 5.78 Å². The number of ether oxygens (including phenoxy) is 1. The van der Waals surface area contributed by atoms with Gasteiger partial charge in [-0.3, -0.25) is 14.8 Å². The fourth-order valence-electron chi connectivity index (χ4n) is 4.53. The Bertz CT molecular complexity index is 697. The summed E-state index contributed by atoms with van der Waals surface area (Å²) in [5.41, 5.74) is 1.16. The van der Waals surface area contributed by atoms with Crippen molar-refractivity contribution in [2.45, 2.75) is 71.0 Å². The van der Waals surface area contributed by atoms with Gasteiger partial charge >= 0.3 is 0 Å². The molecule has 1 fully saturated rings. The maximum atomic E-state index is 13.0. The summed E-state index contributed by atoms with van der Waals surface area (Å²) in [6.07, 6.45) is 5.67. The molecule has 26 heavy (non-hydrogen) atoms. The zero-order chi connectivity index (χ0) is 19.1. The number of allylic oxidation sites excluding steroid dienone is 3. The molecule has 0 amide bonds. The minimum atomic E-state index is -0.622. The van der Waals surface area contributed by atoms with E-state index in [9.17, 15) is 9.59 Å². The molecular weight excluding hydrogens is 332 g/mol. The van der Waals surface area contributed by atoms with Gasteiger partial charge in [0.05, 0.1) is 0 Å². The number of carbonyl (C=O) groups is 2. The third-order valence-electron chi connectivity index (χ3n) is 6.01. The second-order valence-corrected chi connectivity index (χ2v) is 8.17. The molecular formula is C21H28O5. The van der Waals surface area contributed by atoms with E-state index < -0.39 is 11.7 Å². The van der Waals surface area contributed by atoms with Crippen molar-refractivity contribution in [1.82, 2.24) is 0 Å². The average molecular weight is 360 g/mol. The topological polar surface area (TPSA) is 72.8 Å². The molecule has 0 saturated heterocycles. The van der Waals surface area contributed by atoms with Crippen LogP contribution in [0.2, 0.25) is 0 Å². The molecule has 5 nitrogen and oxygen atoms in total. The van der Waals surface area contributed by atoms with Crippen molar-refractivity contribution < 1.29 is 24.5 Å². The molecule has 1 unspecified atom stereocenters. The third kappa shape index (κ3) is 3.19. The Balaban J connectivity index is 1.93. The first-order valence-electron chi connectivity index (χ1n) is 9.50. The maximum Gasteiger partial charge on any atom is 0.224 e. The summed E-state index contributed by atoms with van der Waals surface area (Å²) in [5, 5.41) is 9.14. The number of carbonyl (C=O) groups excluding carboxylic acids is 2. The fourth-order valence-corrected chi connectivity index (χ4v) is 4.53. The van der Waals surface area contributed by atoms with Gasteiger partial charge in [0.15, 0.2) is 11.5 Å². The van der Waals surface area contributed by atoms with E-state index in [1.165, 1.54) is 6.08 Å². The molecule has 0 spiro atoms. The van der Waals surface area contributed by atoms with Crippen LogP contribution < -0.4 is 0 Å². The van der Waals surface area contributed by atoms with Gasteiger partial charge in [-0.2, -0.15) is 0 Å². The van der Waals surface area contributed by atoms with E-state index in [2.05, 4.69) is 18.4 Å². The average Bonchev–Trinajstić information content (AvgIpc) is 2.58. The number of Topliss-reactive ketones (excluding diaryl/α,β-unsaturated/α-hetero) is 1. The zero-order valence-corrected chi connectivity index (χ0v) is 15.8. The largest absolute Gasteiger partial charge is 0.483 e. The lowest BCUT2D eigenvalue weighted by molar-refractivity contribution is -0.279. The van der Waals surface area contributed by atoms with Gasteiger partial charge in [0.25, 0.3) is 0 Å². The number of hydrogen-bond acceptors (Lipinski definition) is 5. The van der Waals surface area contributed by atoms with Gasteiger partial charge < -0.3 is 4.74 Å². The molecule has 142 valence electrons. The molecule has 2 aliphatic carbocycles. The highest BCUT2D eigenvalue weighted by atomic mass is 17.1. The second-order valence-electron chi connectivity index (χ2n) is 8.17. The van der Waals surface area contributed by atoms with Gasteiger partial charge in [-0.15, -0.1) is 0 Å². The summed E-state index contributed by atoms with van der Waals surface area (Å²) in [6.45, 7) is 9.97. The molecule has 0 bridgehead atoms. The van der Waals surface area contributed by atoms with E-state index in [-0.39, 0.29) is 29.2 Å². The molecule has 0 aromatic carbocycles. The van der Waals surface area contributed by atoms with Crippen LogP contribution in [0.1, 0.15) is 59.3 Å². The zero-order valence-electron chi connectivity index (χ0n) is 15.8. The Kier molecular flexibility index (Phi) is 5.22. The Labute approximate surface area is 154 Å². The van der Waals surface area contributed by atoms with Gasteiger partial charge in [-0.25, -0.2) is 4.89 Å². The highest BCUT2D eigenvalue weighted by Crippen LogP contribution is 2.51. The molecule has 0 radical (unpaired) electrons. The molecule has 3 atom stereocenters. The van der Waals surface area contributed by atoms with Crippen LogP contribution in [-0.4, -0.2) is 28.5 Å². The minimum Gasteiger partial charge on any atom is -0.483 e. The van der Waals surface area contributed by atoms with Crippen LogP contribution in [0.5, 0.6) is 0 Å². The molecule has 1 aliphatic heterocycles. The highest BCUT2D eigenvalue weighted by molar-refractivity contribution is 6.22. The molecule has 0 aromatic heterocycles. The first-order valence-corrected chi connectivity index (χ1v) is 9.50. The number of hydrogen-bond donors (Lipinski definition) is 1. The molecule has 0 aromatic rings. The Morgan fingerprint density at radius 3 is 2.73 bits per heavy atom. The minimum absolute atomic E-state index is 0.0318. The van der Waals surface area contributed by atoms with E-state index in [4.69, 9.17) is 9.99 Å². The summed E-state index contributed by atoms with van der Waals surface area (Å²) in [6, 6.07) is 0. The van der Waals surface area contributed by atoms with Crippen LogP contribution >= 0.6 is 0 Å². The smallest absolute Gasteiger partial charge is 0.224 e. The first kappa shape index (κ1) is 19.1. The van der Waals surface area contributed by atoms with Crippen LogP contribution in [0.15, 0.2) is 35.1 Å². The predicted octanol–water partition coefficient (Wildman–Crippen LogP) is 4.15. The van der Waals surface area contributed by atoms with E-state index >= 15 is 0 Å². The summed E-state index contributed by atoms with van der Waals surface area (Å²) >= 11 is 0. The van der Waals surface area contributed by atoms with Crippen molar-refractivity contribution in [3.63, 3.8) is 0 Å². The standard InChI is InChI=1S/C21H28O5/c1-5-6-7-8-13-10-16(22)18-14-9-12(2)17(26-24)11-15(14)21(3,4)25-20(18)19(13)23/h10,14-15,17,24H,2,5-9,11H2,1,3-4H3/t14-,15-,17?/m1/s1. The van der Waals surface area contributed by atoms with E-state index in [1.54, 1.807) is 0 Å². The van der Waals surface area contributed by atoms with Crippen molar-refractivity contribution in [2.24, 2.45) is 11.8 Å². The SMILES string of the molecule is C=C1C[C@H]2C3=C(OC(C)(C)[C@@H]2CC1OO)C(=O)C(CCCCC)=CC3=O. The second kappa shape index (κ2) is 7.12. The lowest BCUT2D eigenvalue weighted by atomic mass is 9.63. The van der Waals surface area contributed by atoms with Crippen molar-refractivity contribution >= 4 is 11.6 Å². The summed E-state index contributed by atoms with van der Waals surface area (Å²) in [5.74, 6) is -0.194. The number of fused-ring (bicyclic) bond motifs is 2. The van der Waals surface area contributed by atoms with Crippen LogP contribution in [0.3, 0.4) is 0 Å². The van der Waals surface area contributed by atoms with E-state index in [1.807, 2.05) is 13.8 Å². The monoisotopic (exact) mass is 360 g/mol. The Morgan fingerprint density at radius 1 is 1.35 bits per heavy atom. The molecule has 1 heterocycles. The third-order valence-corrected chi connectivity index (χ3v) is 6.01. The van der Waals surface area contributed by atoms with Crippen molar-refractivity contribution in [2.75, 3.05) is 0 Å². The summed E-state index contributed by atoms with van der Waals surface area (Å²) in [4.78, 5) is 30.4. The van der Waals surface area contributed by atoms with Crippen LogP contribution in [0, 0.1) is 11.8 Å². The van der Waals surface area contributed by atoms with Gasteiger partial charge in [0, 0.05) is 23.0 Å². The van der Waals surface area contributed by atoms with E-state index in [0.717, 1.165) is 24.8 Å².